The number of rotatable bonds is 4. The summed E-state index contributed by atoms with van der Waals surface area (Å²) in [6.07, 6.45) is 11.1. The summed E-state index contributed by atoms with van der Waals surface area (Å²) in [6.45, 7) is 10.5. The molecule has 0 bridgehead atoms. The highest BCUT2D eigenvalue weighted by Gasteiger charge is 2.40. The number of carbonyl (C=O) groups is 2. The second-order valence-corrected chi connectivity index (χ2v) is 9.60. The molecular formula is C23H39N5O2. The van der Waals surface area contributed by atoms with Crippen molar-refractivity contribution in [1.29, 1.82) is 0 Å². The number of aryl methyl sites for hydroxylation is 1. The highest BCUT2D eigenvalue weighted by Crippen LogP contribution is 2.37. The molecule has 3 rings (SSSR count). The Balaban J connectivity index is 1.72. The van der Waals surface area contributed by atoms with Crippen molar-refractivity contribution >= 4 is 11.8 Å². The van der Waals surface area contributed by atoms with Crippen molar-refractivity contribution in [3.63, 3.8) is 0 Å². The van der Waals surface area contributed by atoms with Crippen molar-refractivity contribution in [2.75, 3.05) is 32.7 Å². The molecule has 0 atom stereocenters. The predicted octanol–water partition coefficient (Wildman–Crippen LogP) is 2.59. The van der Waals surface area contributed by atoms with Gasteiger partial charge in [-0.1, -0.05) is 33.1 Å². The van der Waals surface area contributed by atoms with Crippen LogP contribution in [0.4, 0.5) is 0 Å². The molecule has 1 aliphatic heterocycles. The summed E-state index contributed by atoms with van der Waals surface area (Å²) in [5.41, 5.74) is 1.04. The van der Waals surface area contributed by atoms with Crippen LogP contribution in [0.15, 0.2) is 12.4 Å². The Morgan fingerprint density at radius 1 is 1.17 bits per heavy atom. The average Bonchev–Trinajstić information content (AvgIpc) is 3.09. The topological polar surface area (TPSA) is 70.5 Å². The van der Waals surface area contributed by atoms with Crippen molar-refractivity contribution in [2.45, 2.75) is 77.8 Å². The molecule has 168 valence electrons. The number of carbonyl (C=O) groups excluding carboxylic acids is 2. The molecule has 2 fully saturated rings. The molecule has 1 saturated heterocycles. The maximum atomic E-state index is 12.9. The molecule has 2 amide bonds. The van der Waals surface area contributed by atoms with Crippen LogP contribution in [0.3, 0.4) is 0 Å². The summed E-state index contributed by atoms with van der Waals surface area (Å²) < 4.78 is 1.70. The van der Waals surface area contributed by atoms with Crippen LogP contribution in [0, 0.1) is 12.8 Å². The predicted molar refractivity (Wildman–Crippen MR) is 118 cm³/mol. The minimum atomic E-state index is -0.0155. The second-order valence-electron chi connectivity index (χ2n) is 9.60. The van der Waals surface area contributed by atoms with Crippen LogP contribution in [0.1, 0.15) is 64.4 Å². The number of nitrogens with one attached hydrogen (secondary N) is 1. The van der Waals surface area contributed by atoms with Crippen molar-refractivity contribution < 1.29 is 9.59 Å². The van der Waals surface area contributed by atoms with E-state index in [1.165, 1.54) is 19.3 Å². The number of hydrogen-bond acceptors (Lipinski definition) is 4. The summed E-state index contributed by atoms with van der Waals surface area (Å²) >= 11 is 0. The first kappa shape index (κ1) is 22.8. The van der Waals surface area contributed by atoms with E-state index in [2.05, 4.69) is 29.2 Å². The summed E-state index contributed by atoms with van der Waals surface area (Å²) in [6, 6.07) is 0. The molecule has 2 aliphatic rings. The van der Waals surface area contributed by atoms with E-state index in [0.717, 1.165) is 44.5 Å². The molecule has 1 N–H and O–H groups in total. The number of nitrogens with zero attached hydrogens (tertiary/aromatic N) is 4. The van der Waals surface area contributed by atoms with E-state index in [-0.39, 0.29) is 23.9 Å². The Hall–Kier alpha value is -1.89. The molecule has 0 unspecified atom stereocenters. The third-order valence-electron chi connectivity index (χ3n) is 6.50. The lowest BCUT2D eigenvalue weighted by Gasteiger charge is -2.47. The van der Waals surface area contributed by atoms with Crippen LogP contribution in [-0.2, 0) is 16.1 Å². The van der Waals surface area contributed by atoms with Gasteiger partial charge in [0, 0.05) is 50.9 Å². The smallest absolute Gasteiger partial charge is 0.244 e. The van der Waals surface area contributed by atoms with Crippen LogP contribution < -0.4 is 5.32 Å². The van der Waals surface area contributed by atoms with Crippen molar-refractivity contribution in [2.24, 2.45) is 5.92 Å². The number of hydrogen-bond donors (Lipinski definition) is 1. The van der Waals surface area contributed by atoms with Gasteiger partial charge in [0.2, 0.25) is 11.8 Å². The molecule has 1 spiro atoms. The fraction of sp³-hybridized carbons (Fsp3) is 0.783. The van der Waals surface area contributed by atoms with E-state index < -0.39 is 0 Å². The Morgan fingerprint density at radius 3 is 2.60 bits per heavy atom. The number of aromatic nitrogens is 2. The zero-order chi connectivity index (χ0) is 21.6. The van der Waals surface area contributed by atoms with Crippen LogP contribution in [0.25, 0.3) is 0 Å². The van der Waals surface area contributed by atoms with Crippen LogP contribution in [0.5, 0.6) is 0 Å². The summed E-state index contributed by atoms with van der Waals surface area (Å²) in [5.74, 6) is 0.745. The fourth-order valence-electron chi connectivity index (χ4n) is 5.07. The van der Waals surface area contributed by atoms with E-state index >= 15 is 0 Å². The first-order valence-electron chi connectivity index (χ1n) is 11.7. The lowest BCUT2D eigenvalue weighted by molar-refractivity contribution is -0.132. The molecule has 2 heterocycles. The number of amides is 2. The van der Waals surface area contributed by atoms with E-state index in [4.69, 9.17) is 0 Å². The minimum absolute atomic E-state index is 0.0155. The Bertz CT molecular complexity index is 708. The molecule has 30 heavy (non-hydrogen) atoms. The van der Waals surface area contributed by atoms with Gasteiger partial charge in [0.1, 0.15) is 6.54 Å². The maximum absolute atomic E-state index is 12.9. The molecular weight excluding hydrogens is 378 g/mol. The van der Waals surface area contributed by atoms with Crippen molar-refractivity contribution in [3.05, 3.63) is 18.0 Å². The van der Waals surface area contributed by atoms with E-state index in [1.807, 2.05) is 18.0 Å². The lowest BCUT2D eigenvalue weighted by Crippen LogP contribution is -2.54. The highest BCUT2D eigenvalue weighted by atomic mass is 16.2. The van der Waals surface area contributed by atoms with Gasteiger partial charge in [-0.2, -0.15) is 5.10 Å². The third kappa shape index (κ3) is 6.06. The van der Waals surface area contributed by atoms with Gasteiger partial charge in [0.25, 0.3) is 0 Å². The van der Waals surface area contributed by atoms with Crippen LogP contribution >= 0.6 is 0 Å². The zero-order valence-corrected chi connectivity index (χ0v) is 19.0. The molecule has 1 aromatic rings. The van der Waals surface area contributed by atoms with E-state index in [0.29, 0.717) is 25.4 Å². The molecule has 0 aromatic carbocycles. The third-order valence-corrected chi connectivity index (χ3v) is 6.50. The Kier molecular flexibility index (Phi) is 7.92. The van der Waals surface area contributed by atoms with E-state index in [1.54, 1.807) is 10.9 Å². The van der Waals surface area contributed by atoms with Gasteiger partial charge in [-0.15, -0.1) is 0 Å². The van der Waals surface area contributed by atoms with Crippen LogP contribution in [-0.4, -0.2) is 69.7 Å². The largest absolute Gasteiger partial charge is 0.354 e. The van der Waals surface area contributed by atoms with Gasteiger partial charge in [-0.05, 0) is 37.7 Å². The van der Waals surface area contributed by atoms with Crippen molar-refractivity contribution in [1.82, 2.24) is 24.9 Å². The summed E-state index contributed by atoms with van der Waals surface area (Å²) in [5, 5.41) is 7.34. The van der Waals surface area contributed by atoms with Crippen molar-refractivity contribution in [3.8, 4) is 0 Å². The van der Waals surface area contributed by atoms with Gasteiger partial charge in [0.15, 0.2) is 0 Å². The highest BCUT2D eigenvalue weighted by molar-refractivity contribution is 5.78. The zero-order valence-electron chi connectivity index (χ0n) is 19.0. The standard InChI is InChI=1S/C23H39N5O2/c1-19(2)16-27-12-7-11-26(22(30)18-28-17-20(3)15-25-28)13-10-24-21(29)14-23(27)8-5-4-6-9-23/h15,17,19H,4-14,16,18H2,1-3H3,(H,24,29). The Morgan fingerprint density at radius 2 is 1.93 bits per heavy atom. The van der Waals surface area contributed by atoms with Gasteiger partial charge >= 0.3 is 0 Å². The normalized spacial score (nSPS) is 21.5. The SMILES string of the molecule is Cc1cnn(CC(=O)N2CCCN(CC(C)C)C3(CCCCC3)CC(=O)NCC2)c1. The quantitative estimate of drug-likeness (QED) is 0.817. The van der Waals surface area contributed by atoms with Gasteiger partial charge in [-0.3, -0.25) is 19.2 Å². The first-order valence-corrected chi connectivity index (χ1v) is 11.7. The molecule has 7 nitrogen and oxygen atoms in total. The molecule has 1 aliphatic carbocycles. The van der Waals surface area contributed by atoms with Crippen LogP contribution in [0.2, 0.25) is 0 Å². The maximum Gasteiger partial charge on any atom is 0.244 e. The molecule has 1 aromatic heterocycles. The summed E-state index contributed by atoms with van der Waals surface area (Å²) in [7, 11) is 0. The second kappa shape index (κ2) is 10.4. The molecule has 1 saturated carbocycles. The van der Waals surface area contributed by atoms with E-state index in [9.17, 15) is 9.59 Å². The average molecular weight is 418 g/mol. The van der Waals surface area contributed by atoms with Gasteiger partial charge in [0.05, 0.1) is 6.20 Å². The fourth-order valence-corrected chi connectivity index (χ4v) is 5.07. The molecule has 7 heteroatoms. The molecule has 0 radical (unpaired) electrons. The van der Waals surface area contributed by atoms with Gasteiger partial charge < -0.3 is 10.2 Å². The van der Waals surface area contributed by atoms with Gasteiger partial charge in [-0.25, -0.2) is 0 Å². The summed E-state index contributed by atoms with van der Waals surface area (Å²) in [4.78, 5) is 30.2. The first-order chi connectivity index (χ1) is 14.4. The Labute approximate surface area is 181 Å². The minimum Gasteiger partial charge on any atom is -0.354 e. The monoisotopic (exact) mass is 417 g/mol. The lowest BCUT2D eigenvalue weighted by atomic mass is 9.77.